The number of alkyl halides is 3. The molecule has 0 fully saturated rings. The molecule has 2 heterocycles. The minimum Gasteiger partial charge on any atom is -0.302 e. The normalized spacial score (nSPS) is 11.8. The first-order valence-electron chi connectivity index (χ1n) is 5.47. The highest BCUT2D eigenvalue weighted by Gasteiger charge is 2.37. The summed E-state index contributed by atoms with van der Waals surface area (Å²) in [6.45, 7) is 0. The zero-order valence-electron chi connectivity index (χ0n) is 10.1. The molecule has 0 aromatic carbocycles. The molecule has 2 aromatic heterocycles. The predicted molar refractivity (Wildman–Crippen MR) is 64.7 cm³/mol. The van der Waals surface area contributed by atoms with Crippen LogP contribution in [-0.4, -0.2) is 25.5 Å². The summed E-state index contributed by atoms with van der Waals surface area (Å²) in [6, 6.07) is 3.75. The molecule has 0 amide bonds. The van der Waals surface area contributed by atoms with Gasteiger partial charge in [0, 0.05) is 25.2 Å². The Kier molecular flexibility index (Phi) is 4.08. The molecule has 0 bridgehead atoms. The van der Waals surface area contributed by atoms with Crippen LogP contribution >= 0.6 is 11.8 Å². The molecule has 0 saturated carbocycles. The summed E-state index contributed by atoms with van der Waals surface area (Å²) in [7, 11) is 1.32. The van der Waals surface area contributed by atoms with E-state index in [-0.39, 0.29) is 5.16 Å². The Bertz CT molecular complexity index is 539. The third-order valence-corrected chi connectivity index (χ3v) is 3.48. The molecule has 0 aliphatic carbocycles. The van der Waals surface area contributed by atoms with Gasteiger partial charge in [-0.25, -0.2) is 0 Å². The van der Waals surface area contributed by atoms with Crippen LogP contribution in [0, 0.1) is 0 Å². The number of halogens is 3. The second kappa shape index (κ2) is 5.60. The van der Waals surface area contributed by atoms with E-state index in [0.29, 0.717) is 5.75 Å². The van der Waals surface area contributed by atoms with Gasteiger partial charge in [-0.3, -0.25) is 4.98 Å². The smallest absolute Gasteiger partial charge is 0.302 e. The lowest BCUT2D eigenvalue weighted by Crippen LogP contribution is -2.13. The maximum Gasteiger partial charge on any atom is 0.451 e. The van der Waals surface area contributed by atoms with E-state index in [9.17, 15) is 13.2 Å². The highest BCUT2D eigenvalue weighted by molar-refractivity contribution is 7.99. The van der Waals surface area contributed by atoms with Crippen molar-refractivity contribution in [3.8, 4) is 0 Å². The van der Waals surface area contributed by atoms with E-state index < -0.39 is 12.0 Å². The monoisotopic (exact) mass is 288 g/mol. The van der Waals surface area contributed by atoms with Crippen molar-refractivity contribution in [2.24, 2.45) is 7.05 Å². The lowest BCUT2D eigenvalue weighted by molar-refractivity contribution is -0.147. The zero-order chi connectivity index (χ0) is 13.9. The van der Waals surface area contributed by atoms with Crippen molar-refractivity contribution in [2.45, 2.75) is 17.8 Å². The first-order valence-corrected chi connectivity index (χ1v) is 6.45. The molecule has 0 atom stereocenters. The van der Waals surface area contributed by atoms with E-state index in [2.05, 4.69) is 15.2 Å². The van der Waals surface area contributed by atoms with Crippen LogP contribution < -0.4 is 0 Å². The molecule has 8 heteroatoms. The van der Waals surface area contributed by atoms with Crippen molar-refractivity contribution < 1.29 is 13.2 Å². The zero-order valence-corrected chi connectivity index (χ0v) is 10.9. The standard InChI is InChI=1S/C11H11F3N4S/c1-18-9(11(12,13)14)16-17-10(18)19-7-4-8-2-5-15-6-3-8/h2-3,5-6H,4,7H2,1H3. The van der Waals surface area contributed by atoms with E-state index >= 15 is 0 Å². The summed E-state index contributed by atoms with van der Waals surface area (Å²) in [6.07, 6.45) is -0.360. The van der Waals surface area contributed by atoms with Crippen molar-refractivity contribution in [2.75, 3.05) is 5.75 Å². The molecule has 0 unspecified atom stereocenters. The Morgan fingerprint density at radius 1 is 1.21 bits per heavy atom. The second-order valence-electron chi connectivity index (χ2n) is 3.82. The van der Waals surface area contributed by atoms with Crippen molar-refractivity contribution in [1.29, 1.82) is 0 Å². The van der Waals surface area contributed by atoms with E-state index in [1.165, 1.54) is 18.8 Å². The van der Waals surface area contributed by atoms with Crippen molar-refractivity contribution in [3.05, 3.63) is 35.9 Å². The van der Waals surface area contributed by atoms with E-state index in [4.69, 9.17) is 0 Å². The molecular formula is C11H11F3N4S. The number of hydrogen-bond donors (Lipinski definition) is 0. The van der Waals surface area contributed by atoms with E-state index in [1.807, 2.05) is 12.1 Å². The van der Waals surface area contributed by atoms with Crippen LogP contribution in [0.2, 0.25) is 0 Å². The molecule has 0 radical (unpaired) electrons. The molecule has 2 aromatic rings. The van der Waals surface area contributed by atoms with Crippen LogP contribution in [-0.2, 0) is 19.6 Å². The number of rotatable bonds is 4. The first-order chi connectivity index (χ1) is 8.98. The third-order valence-electron chi connectivity index (χ3n) is 2.46. The fraction of sp³-hybridized carbons (Fsp3) is 0.364. The first kappa shape index (κ1) is 13.9. The molecule has 19 heavy (non-hydrogen) atoms. The van der Waals surface area contributed by atoms with E-state index in [0.717, 1.165) is 16.6 Å². The largest absolute Gasteiger partial charge is 0.451 e. The number of hydrogen-bond acceptors (Lipinski definition) is 4. The molecule has 0 spiro atoms. The van der Waals surface area contributed by atoms with Gasteiger partial charge in [-0.15, -0.1) is 10.2 Å². The van der Waals surface area contributed by atoms with Gasteiger partial charge in [0.1, 0.15) is 0 Å². The highest BCUT2D eigenvalue weighted by Crippen LogP contribution is 2.29. The van der Waals surface area contributed by atoms with Crippen LogP contribution in [0.3, 0.4) is 0 Å². The van der Waals surface area contributed by atoms with Crippen molar-refractivity contribution >= 4 is 11.8 Å². The summed E-state index contributed by atoms with van der Waals surface area (Å²) >= 11 is 1.25. The van der Waals surface area contributed by atoms with Gasteiger partial charge in [-0.05, 0) is 24.1 Å². The molecule has 2 rings (SSSR count). The van der Waals surface area contributed by atoms with Gasteiger partial charge in [0.25, 0.3) is 0 Å². The van der Waals surface area contributed by atoms with Gasteiger partial charge in [-0.2, -0.15) is 13.2 Å². The van der Waals surface area contributed by atoms with Gasteiger partial charge in [-0.1, -0.05) is 11.8 Å². The SMILES string of the molecule is Cn1c(SCCc2ccncc2)nnc1C(F)(F)F. The lowest BCUT2D eigenvalue weighted by Gasteiger charge is -2.06. The Morgan fingerprint density at radius 2 is 1.89 bits per heavy atom. The topological polar surface area (TPSA) is 43.6 Å². The van der Waals surface area contributed by atoms with E-state index in [1.54, 1.807) is 12.4 Å². The highest BCUT2D eigenvalue weighted by atomic mass is 32.2. The summed E-state index contributed by atoms with van der Waals surface area (Å²) in [4.78, 5) is 3.90. The average Bonchev–Trinajstić information content (AvgIpc) is 2.72. The van der Waals surface area contributed by atoms with Crippen LogP contribution in [0.15, 0.2) is 29.7 Å². The fourth-order valence-electron chi connectivity index (χ4n) is 1.50. The molecular weight excluding hydrogens is 277 g/mol. The molecule has 4 nitrogen and oxygen atoms in total. The molecule has 102 valence electrons. The summed E-state index contributed by atoms with van der Waals surface area (Å²) in [5.41, 5.74) is 1.08. The van der Waals surface area contributed by atoms with Crippen LogP contribution in [0.4, 0.5) is 13.2 Å². The van der Waals surface area contributed by atoms with Crippen molar-refractivity contribution in [3.63, 3.8) is 0 Å². The predicted octanol–water partition coefficient (Wildman–Crippen LogP) is 2.56. The summed E-state index contributed by atoms with van der Waals surface area (Å²) in [5, 5.41) is 6.99. The molecule has 0 aliphatic rings. The minimum absolute atomic E-state index is 0.265. The number of pyridine rings is 1. The Hall–Kier alpha value is -1.57. The summed E-state index contributed by atoms with van der Waals surface area (Å²) < 4.78 is 38.5. The van der Waals surface area contributed by atoms with Gasteiger partial charge in [0.05, 0.1) is 0 Å². The van der Waals surface area contributed by atoms with Crippen LogP contribution in [0.5, 0.6) is 0 Å². The fourth-order valence-corrected chi connectivity index (χ4v) is 2.40. The molecule has 0 aliphatic heterocycles. The van der Waals surface area contributed by atoms with Crippen molar-refractivity contribution in [1.82, 2.24) is 19.7 Å². The van der Waals surface area contributed by atoms with Crippen LogP contribution in [0.25, 0.3) is 0 Å². The minimum atomic E-state index is -4.47. The van der Waals surface area contributed by atoms with Gasteiger partial charge < -0.3 is 4.57 Å². The Balaban J connectivity index is 1.96. The number of aryl methyl sites for hydroxylation is 1. The molecule has 0 N–H and O–H groups in total. The Labute approximate surface area is 112 Å². The number of thioether (sulfide) groups is 1. The van der Waals surface area contributed by atoms with Gasteiger partial charge in [0.2, 0.25) is 5.82 Å². The average molecular weight is 288 g/mol. The second-order valence-corrected chi connectivity index (χ2v) is 4.88. The maximum atomic E-state index is 12.5. The molecule has 0 saturated heterocycles. The van der Waals surface area contributed by atoms with Crippen LogP contribution in [0.1, 0.15) is 11.4 Å². The van der Waals surface area contributed by atoms with Gasteiger partial charge in [0.15, 0.2) is 5.16 Å². The lowest BCUT2D eigenvalue weighted by atomic mass is 10.2. The number of aromatic nitrogens is 4. The van der Waals surface area contributed by atoms with Gasteiger partial charge >= 0.3 is 6.18 Å². The number of nitrogens with zero attached hydrogens (tertiary/aromatic N) is 4. The quantitative estimate of drug-likeness (QED) is 0.811. The maximum absolute atomic E-state index is 12.5. The third kappa shape index (κ3) is 3.46. The summed E-state index contributed by atoms with van der Waals surface area (Å²) in [5.74, 6) is -0.340. The Morgan fingerprint density at radius 3 is 2.47 bits per heavy atom.